The molecule has 1 amide bonds. The lowest BCUT2D eigenvalue weighted by Crippen LogP contribution is -2.38. The molecule has 3 rings (SSSR count). The van der Waals surface area contributed by atoms with Gasteiger partial charge in [0.2, 0.25) is 0 Å². The molecule has 0 spiro atoms. The van der Waals surface area contributed by atoms with Gasteiger partial charge < -0.3 is 14.7 Å². The number of ketones is 1. The van der Waals surface area contributed by atoms with E-state index in [1.165, 1.54) is 28.4 Å². The molecule has 3 aromatic rings. The number of pyridine rings is 1. The van der Waals surface area contributed by atoms with Crippen molar-refractivity contribution in [3.63, 3.8) is 0 Å². The predicted molar refractivity (Wildman–Crippen MR) is 137 cm³/mol. The Morgan fingerprint density at radius 2 is 1.60 bits per heavy atom. The maximum absolute atomic E-state index is 13.6. The predicted octanol–water partition coefficient (Wildman–Crippen LogP) is 3.96. The van der Waals surface area contributed by atoms with Crippen LogP contribution in [-0.2, 0) is 11.2 Å². The van der Waals surface area contributed by atoms with Crippen molar-refractivity contribution in [1.29, 1.82) is 0 Å². The summed E-state index contributed by atoms with van der Waals surface area (Å²) in [5.74, 6) is -1.10. The molecular formula is C27H30N2O5Si. The van der Waals surface area contributed by atoms with Gasteiger partial charge in [0.05, 0.1) is 20.7 Å². The molecule has 1 atom stereocenters. The van der Waals surface area contributed by atoms with Gasteiger partial charge in [-0.25, -0.2) is 9.78 Å². The Balaban J connectivity index is 1.91. The summed E-state index contributed by atoms with van der Waals surface area (Å²) in [5.41, 5.74) is 1.57. The highest BCUT2D eigenvalue weighted by Gasteiger charge is 2.29. The van der Waals surface area contributed by atoms with Crippen molar-refractivity contribution in [3.05, 3.63) is 89.2 Å². The van der Waals surface area contributed by atoms with Crippen LogP contribution in [0, 0.1) is 0 Å². The molecule has 0 radical (unpaired) electrons. The van der Waals surface area contributed by atoms with Crippen LogP contribution in [0.1, 0.15) is 38.0 Å². The fraction of sp³-hybridized carbons (Fsp3) is 0.259. The molecule has 8 heteroatoms. The fourth-order valence-electron chi connectivity index (χ4n) is 3.80. The number of aromatic carboxylic acids is 1. The van der Waals surface area contributed by atoms with Crippen molar-refractivity contribution in [2.75, 3.05) is 14.2 Å². The number of aromatic nitrogens is 1. The molecule has 0 bridgehead atoms. The Morgan fingerprint density at radius 3 is 2.09 bits per heavy atom. The van der Waals surface area contributed by atoms with Gasteiger partial charge in [-0.1, -0.05) is 61.2 Å². The minimum Gasteiger partial charge on any atom is -0.497 e. The van der Waals surface area contributed by atoms with Gasteiger partial charge in [-0.3, -0.25) is 9.59 Å². The molecule has 1 aromatic heterocycles. The van der Waals surface area contributed by atoms with Crippen molar-refractivity contribution in [2.45, 2.75) is 32.1 Å². The Kier molecular flexibility index (Phi) is 7.86. The normalized spacial score (nSPS) is 12.0. The summed E-state index contributed by atoms with van der Waals surface area (Å²) in [6.07, 6.45) is 1.38. The number of carboxylic acid groups (broad SMARTS) is 1. The van der Waals surface area contributed by atoms with E-state index in [9.17, 15) is 14.4 Å². The monoisotopic (exact) mass is 490 g/mol. The van der Waals surface area contributed by atoms with Gasteiger partial charge >= 0.3 is 5.97 Å². The van der Waals surface area contributed by atoms with E-state index < -0.39 is 26.0 Å². The van der Waals surface area contributed by atoms with E-state index in [0.717, 1.165) is 5.56 Å². The molecule has 1 heterocycles. The summed E-state index contributed by atoms with van der Waals surface area (Å²) in [6.45, 7) is 6.81. The molecule has 0 saturated carbocycles. The van der Waals surface area contributed by atoms with Crippen LogP contribution in [0.2, 0.25) is 19.6 Å². The standard InChI is InChI=1S/C27H30N2O5Si/c1-29(26(31)20-10-15-23(27(32)33)28-17-20)25(19-8-11-21(34-2)12-9-19)24(30)16-18-6-13-22(14-7-18)35(3,4)5/h6-15,17,25H,16H2,1-5H3,(H,32,33). The molecular weight excluding hydrogens is 460 g/mol. The number of benzene rings is 2. The summed E-state index contributed by atoms with van der Waals surface area (Å²) in [6, 6.07) is 17.0. The van der Waals surface area contributed by atoms with Crippen molar-refractivity contribution >= 4 is 30.9 Å². The molecule has 0 aliphatic carbocycles. The number of carboxylic acids is 1. The van der Waals surface area contributed by atoms with Crippen molar-refractivity contribution in [1.82, 2.24) is 9.88 Å². The molecule has 0 aliphatic rings. The zero-order valence-electron chi connectivity index (χ0n) is 20.6. The molecule has 1 N–H and O–H groups in total. The number of rotatable bonds is 9. The SMILES string of the molecule is COc1ccc(C(C(=O)Cc2ccc([Si](C)(C)C)cc2)N(C)C(=O)c2ccc(C(=O)O)nc2)cc1. The van der Waals surface area contributed by atoms with Crippen LogP contribution in [0.4, 0.5) is 0 Å². The molecule has 0 aliphatic heterocycles. The summed E-state index contributed by atoms with van der Waals surface area (Å²) < 4.78 is 5.23. The van der Waals surface area contributed by atoms with Crippen LogP contribution in [0.25, 0.3) is 0 Å². The van der Waals surface area contributed by atoms with E-state index in [0.29, 0.717) is 11.3 Å². The number of hydrogen-bond acceptors (Lipinski definition) is 5. The highest BCUT2D eigenvalue weighted by Crippen LogP contribution is 2.26. The maximum Gasteiger partial charge on any atom is 0.354 e. The number of carbonyl (C=O) groups excluding carboxylic acids is 2. The number of methoxy groups -OCH3 is 1. The number of hydrogen-bond donors (Lipinski definition) is 1. The average Bonchev–Trinajstić information content (AvgIpc) is 2.84. The topological polar surface area (TPSA) is 96.8 Å². The van der Waals surface area contributed by atoms with Crippen molar-refractivity contribution in [2.24, 2.45) is 0 Å². The number of ether oxygens (including phenoxy) is 1. The van der Waals surface area contributed by atoms with Gasteiger partial charge in [0.15, 0.2) is 5.78 Å². The lowest BCUT2D eigenvalue weighted by Gasteiger charge is -2.28. The zero-order valence-corrected chi connectivity index (χ0v) is 21.6. The van der Waals surface area contributed by atoms with Gasteiger partial charge in [0.1, 0.15) is 17.5 Å². The van der Waals surface area contributed by atoms with E-state index in [2.05, 4.69) is 36.8 Å². The molecule has 0 fully saturated rings. The van der Waals surface area contributed by atoms with E-state index in [1.54, 1.807) is 38.4 Å². The summed E-state index contributed by atoms with van der Waals surface area (Å²) in [5, 5.41) is 10.4. The van der Waals surface area contributed by atoms with Crippen LogP contribution in [0.15, 0.2) is 66.9 Å². The Morgan fingerprint density at radius 1 is 0.971 bits per heavy atom. The third kappa shape index (κ3) is 6.22. The highest BCUT2D eigenvalue weighted by molar-refractivity contribution is 6.88. The molecule has 2 aromatic carbocycles. The van der Waals surface area contributed by atoms with Gasteiger partial charge in [-0.15, -0.1) is 0 Å². The Bertz CT molecular complexity index is 1200. The molecule has 7 nitrogen and oxygen atoms in total. The number of nitrogens with zero attached hydrogens (tertiary/aromatic N) is 2. The lowest BCUT2D eigenvalue weighted by molar-refractivity contribution is -0.122. The Labute approximate surface area is 206 Å². The third-order valence-electron chi connectivity index (χ3n) is 5.87. The van der Waals surface area contributed by atoms with E-state index in [1.807, 2.05) is 12.1 Å². The molecule has 182 valence electrons. The van der Waals surface area contributed by atoms with E-state index in [4.69, 9.17) is 9.84 Å². The molecule has 35 heavy (non-hydrogen) atoms. The van der Waals surface area contributed by atoms with E-state index in [-0.39, 0.29) is 23.5 Å². The third-order valence-corrected chi connectivity index (χ3v) is 7.94. The molecule has 1 unspecified atom stereocenters. The average molecular weight is 491 g/mol. The summed E-state index contributed by atoms with van der Waals surface area (Å²) in [4.78, 5) is 43.1. The van der Waals surface area contributed by atoms with Crippen molar-refractivity contribution in [3.8, 4) is 5.75 Å². The first-order chi connectivity index (χ1) is 16.5. The minimum atomic E-state index is -1.45. The van der Waals surface area contributed by atoms with Crippen LogP contribution in [-0.4, -0.2) is 54.9 Å². The van der Waals surface area contributed by atoms with Crippen LogP contribution < -0.4 is 9.92 Å². The van der Waals surface area contributed by atoms with Crippen molar-refractivity contribution < 1.29 is 24.2 Å². The second kappa shape index (κ2) is 10.6. The first-order valence-corrected chi connectivity index (χ1v) is 14.7. The van der Waals surface area contributed by atoms with Gasteiger partial charge in [-0.2, -0.15) is 0 Å². The lowest BCUT2D eigenvalue weighted by atomic mass is 9.95. The highest BCUT2D eigenvalue weighted by atomic mass is 28.3. The van der Waals surface area contributed by atoms with Crippen LogP contribution in [0.5, 0.6) is 5.75 Å². The van der Waals surface area contributed by atoms with Crippen LogP contribution >= 0.6 is 0 Å². The quantitative estimate of drug-likeness (QED) is 0.456. The first kappa shape index (κ1) is 25.8. The number of Topliss-reactive ketones (excluding diaryl/α,β-unsaturated/α-hetero) is 1. The number of likely N-dealkylation sites (N-methyl/N-ethyl adjacent to an activating group) is 1. The Hall–Kier alpha value is -3.78. The molecule has 0 saturated heterocycles. The number of amides is 1. The largest absolute Gasteiger partial charge is 0.497 e. The number of carbonyl (C=O) groups is 3. The van der Waals surface area contributed by atoms with E-state index >= 15 is 0 Å². The summed E-state index contributed by atoms with van der Waals surface area (Å²) in [7, 11) is 1.67. The van der Waals surface area contributed by atoms with Gasteiger partial charge in [0, 0.05) is 19.7 Å². The second-order valence-electron chi connectivity index (χ2n) is 9.42. The smallest absolute Gasteiger partial charge is 0.354 e. The minimum absolute atomic E-state index is 0.137. The maximum atomic E-state index is 13.6. The van der Waals surface area contributed by atoms with Crippen LogP contribution in [0.3, 0.4) is 0 Å². The fourth-order valence-corrected chi connectivity index (χ4v) is 4.97. The van der Waals surface area contributed by atoms with Gasteiger partial charge in [-0.05, 0) is 35.4 Å². The van der Waals surface area contributed by atoms with Gasteiger partial charge in [0.25, 0.3) is 5.91 Å². The summed E-state index contributed by atoms with van der Waals surface area (Å²) >= 11 is 0. The second-order valence-corrected chi connectivity index (χ2v) is 14.5. The zero-order chi connectivity index (χ0) is 25.8. The first-order valence-electron chi connectivity index (χ1n) is 11.2.